The third-order valence-corrected chi connectivity index (χ3v) is 3.94. The summed E-state index contributed by atoms with van der Waals surface area (Å²) in [5, 5.41) is 0. The molecule has 2 heteroatoms. The first kappa shape index (κ1) is 11.9. The lowest BCUT2D eigenvalue weighted by Crippen LogP contribution is -2.12. The van der Waals surface area contributed by atoms with E-state index in [1.54, 1.807) is 0 Å². The molecule has 0 spiro atoms. The minimum Gasteiger partial charge on any atom is -0.0671 e. The van der Waals surface area contributed by atoms with Gasteiger partial charge in [0.15, 0.2) is 0 Å². The first-order valence-corrected chi connectivity index (χ1v) is 6.74. The fourth-order valence-corrected chi connectivity index (χ4v) is 2.81. The van der Waals surface area contributed by atoms with Crippen LogP contribution in [0, 0.1) is 0 Å². The van der Waals surface area contributed by atoms with E-state index in [0.717, 1.165) is 6.42 Å². The second-order valence-electron chi connectivity index (χ2n) is 3.73. The van der Waals surface area contributed by atoms with Gasteiger partial charge >= 0.3 is 0 Å². The predicted octanol–water partition coefficient (Wildman–Crippen LogP) is 4.87. The maximum atomic E-state index is 3.74. The number of alkyl halides is 2. The second-order valence-corrected chi connectivity index (χ2v) is 7.50. The quantitative estimate of drug-likeness (QED) is 0.700. The molecule has 0 heterocycles. The van der Waals surface area contributed by atoms with Gasteiger partial charge in [-0.25, -0.2) is 0 Å². The molecule has 0 fully saturated rings. The molecule has 16 heavy (non-hydrogen) atoms. The Morgan fingerprint density at radius 1 is 0.750 bits per heavy atom. The zero-order chi connectivity index (χ0) is 11.4. The predicted molar refractivity (Wildman–Crippen MR) is 76.1 cm³/mol. The van der Waals surface area contributed by atoms with E-state index in [4.69, 9.17) is 0 Å². The highest BCUT2D eigenvalue weighted by Crippen LogP contribution is 2.40. The van der Waals surface area contributed by atoms with Gasteiger partial charge in [-0.2, -0.15) is 0 Å². The van der Waals surface area contributed by atoms with Crippen LogP contribution in [0.4, 0.5) is 0 Å². The summed E-state index contributed by atoms with van der Waals surface area (Å²) in [5.41, 5.74) is 2.54. The second kappa shape index (κ2) is 5.15. The Balaban J connectivity index is 2.21. The molecule has 0 unspecified atom stereocenters. The molecule has 0 aliphatic rings. The first-order chi connectivity index (χ1) is 7.68. The van der Waals surface area contributed by atoms with Crippen molar-refractivity contribution >= 4 is 31.9 Å². The van der Waals surface area contributed by atoms with Gasteiger partial charge in [0.1, 0.15) is 3.23 Å². The van der Waals surface area contributed by atoms with Crippen LogP contribution >= 0.6 is 31.9 Å². The van der Waals surface area contributed by atoms with Crippen LogP contribution in [0.5, 0.6) is 0 Å². The Hall–Kier alpha value is -0.600. The molecular formula is C14H12Br2. The highest BCUT2D eigenvalue weighted by molar-refractivity contribution is 9.24. The van der Waals surface area contributed by atoms with Crippen molar-refractivity contribution < 1.29 is 0 Å². The van der Waals surface area contributed by atoms with Crippen molar-refractivity contribution in [1.29, 1.82) is 0 Å². The molecule has 2 aromatic rings. The minimum absolute atomic E-state index is 0.178. The van der Waals surface area contributed by atoms with Crippen molar-refractivity contribution in [3.05, 3.63) is 71.8 Å². The lowest BCUT2D eigenvalue weighted by Gasteiger charge is -2.21. The average molecular weight is 340 g/mol. The third kappa shape index (κ3) is 2.96. The number of hydrogen-bond acceptors (Lipinski definition) is 0. The minimum atomic E-state index is -0.178. The van der Waals surface area contributed by atoms with E-state index in [-0.39, 0.29) is 3.23 Å². The summed E-state index contributed by atoms with van der Waals surface area (Å²) in [6, 6.07) is 20.8. The fraction of sp³-hybridized carbons (Fsp3) is 0.143. The summed E-state index contributed by atoms with van der Waals surface area (Å²) in [6.07, 6.45) is 0.915. The van der Waals surface area contributed by atoms with E-state index in [2.05, 4.69) is 80.4 Å². The van der Waals surface area contributed by atoms with Crippen LogP contribution in [0.2, 0.25) is 0 Å². The van der Waals surface area contributed by atoms with Gasteiger partial charge in [0, 0.05) is 6.42 Å². The van der Waals surface area contributed by atoms with Crippen molar-refractivity contribution in [3.8, 4) is 0 Å². The summed E-state index contributed by atoms with van der Waals surface area (Å²) in [5.74, 6) is 0. The van der Waals surface area contributed by atoms with E-state index in [0.29, 0.717) is 0 Å². The maximum absolute atomic E-state index is 3.74. The Morgan fingerprint density at radius 3 is 1.81 bits per heavy atom. The monoisotopic (exact) mass is 338 g/mol. The van der Waals surface area contributed by atoms with Gasteiger partial charge in [-0.15, -0.1) is 0 Å². The van der Waals surface area contributed by atoms with Crippen LogP contribution in [-0.4, -0.2) is 0 Å². The van der Waals surface area contributed by atoms with Crippen LogP contribution in [-0.2, 0) is 9.65 Å². The number of halogens is 2. The van der Waals surface area contributed by atoms with Crippen molar-refractivity contribution in [2.24, 2.45) is 0 Å². The van der Waals surface area contributed by atoms with Gasteiger partial charge in [0.05, 0.1) is 0 Å². The molecule has 0 aliphatic heterocycles. The summed E-state index contributed by atoms with van der Waals surface area (Å²) < 4.78 is -0.178. The molecule has 0 nitrogen and oxygen atoms in total. The number of rotatable bonds is 3. The number of benzene rings is 2. The van der Waals surface area contributed by atoms with E-state index in [1.807, 2.05) is 12.1 Å². The Bertz CT molecular complexity index is 435. The topological polar surface area (TPSA) is 0 Å². The molecule has 2 aromatic carbocycles. The van der Waals surface area contributed by atoms with Crippen LogP contribution in [0.3, 0.4) is 0 Å². The molecule has 0 saturated carbocycles. The normalized spacial score (nSPS) is 11.4. The van der Waals surface area contributed by atoms with E-state index >= 15 is 0 Å². The molecule has 0 N–H and O–H groups in total. The summed E-state index contributed by atoms with van der Waals surface area (Å²) in [7, 11) is 0. The maximum Gasteiger partial charge on any atom is 0.109 e. The van der Waals surface area contributed by atoms with Crippen molar-refractivity contribution in [2.45, 2.75) is 9.65 Å². The smallest absolute Gasteiger partial charge is 0.0671 e. The summed E-state index contributed by atoms with van der Waals surface area (Å²) in [4.78, 5) is 0. The largest absolute Gasteiger partial charge is 0.109 e. The van der Waals surface area contributed by atoms with Crippen molar-refractivity contribution in [3.63, 3.8) is 0 Å². The zero-order valence-electron chi connectivity index (χ0n) is 8.74. The summed E-state index contributed by atoms with van der Waals surface area (Å²) in [6.45, 7) is 0. The zero-order valence-corrected chi connectivity index (χ0v) is 11.9. The summed E-state index contributed by atoms with van der Waals surface area (Å²) >= 11 is 7.49. The highest BCUT2D eigenvalue weighted by atomic mass is 79.9. The Labute approximate surface area is 113 Å². The molecule has 0 radical (unpaired) electrons. The van der Waals surface area contributed by atoms with Crippen LogP contribution < -0.4 is 0 Å². The van der Waals surface area contributed by atoms with Crippen LogP contribution in [0.25, 0.3) is 0 Å². The van der Waals surface area contributed by atoms with E-state index < -0.39 is 0 Å². The van der Waals surface area contributed by atoms with Gasteiger partial charge < -0.3 is 0 Å². The lowest BCUT2D eigenvalue weighted by atomic mass is 10.0. The highest BCUT2D eigenvalue weighted by Gasteiger charge is 2.25. The van der Waals surface area contributed by atoms with Gasteiger partial charge in [-0.3, -0.25) is 0 Å². The molecule has 0 aliphatic carbocycles. The van der Waals surface area contributed by atoms with Crippen molar-refractivity contribution in [1.82, 2.24) is 0 Å². The average Bonchev–Trinajstić information content (AvgIpc) is 2.31. The molecule has 0 bridgehead atoms. The Kier molecular flexibility index (Phi) is 3.82. The van der Waals surface area contributed by atoms with Crippen molar-refractivity contribution in [2.75, 3.05) is 0 Å². The molecule has 0 aromatic heterocycles. The number of hydrogen-bond donors (Lipinski definition) is 0. The SMILES string of the molecule is BrC(Br)(Cc1ccccc1)c1ccccc1. The lowest BCUT2D eigenvalue weighted by molar-refractivity contribution is 0.899. The fourth-order valence-electron chi connectivity index (χ4n) is 1.64. The molecule has 0 atom stereocenters. The molecular weight excluding hydrogens is 328 g/mol. The third-order valence-electron chi connectivity index (χ3n) is 2.47. The van der Waals surface area contributed by atoms with Gasteiger partial charge in [-0.1, -0.05) is 92.5 Å². The molecule has 2 rings (SSSR count). The Morgan fingerprint density at radius 2 is 1.25 bits per heavy atom. The van der Waals surface area contributed by atoms with Crippen LogP contribution in [0.1, 0.15) is 11.1 Å². The van der Waals surface area contributed by atoms with Gasteiger partial charge in [-0.05, 0) is 11.1 Å². The van der Waals surface area contributed by atoms with Crippen LogP contribution in [0.15, 0.2) is 60.7 Å². The molecule has 0 saturated heterocycles. The van der Waals surface area contributed by atoms with Gasteiger partial charge in [0.2, 0.25) is 0 Å². The molecule has 82 valence electrons. The van der Waals surface area contributed by atoms with E-state index in [1.165, 1.54) is 11.1 Å². The van der Waals surface area contributed by atoms with E-state index in [9.17, 15) is 0 Å². The van der Waals surface area contributed by atoms with Gasteiger partial charge in [0.25, 0.3) is 0 Å². The molecule has 0 amide bonds. The first-order valence-electron chi connectivity index (χ1n) is 5.16. The standard InChI is InChI=1S/C14H12Br2/c15-14(16,13-9-5-2-6-10-13)11-12-7-3-1-4-8-12/h1-10H,11H2.